The van der Waals surface area contributed by atoms with Crippen LogP contribution in [0.1, 0.15) is 65.8 Å². The van der Waals surface area contributed by atoms with Crippen molar-refractivity contribution in [3.8, 4) is 34.2 Å². The number of carbonyl (C=O) groups is 3. The number of rotatable bonds is 6. The summed E-state index contributed by atoms with van der Waals surface area (Å²) in [5.41, 5.74) is 8.30. The van der Waals surface area contributed by atoms with Crippen LogP contribution in [0.25, 0.3) is 55.2 Å². The molecule has 6 heterocycles. The highest BCUT2D eigenvalue weighted by molar-refractivity contribution is 6.03. The summed E-state index contributed by atoms with van der Waals surface area (Å²) in [4.78, 5) is 63.2. The Labute approximate surface area is 309 Å². The molecule has 1 unspecified atom stereocenters. The van der Waals surface area contributed by atoms with E-state index in [1.54, 1.807) is 40.7 Å². The molecule has 0 spiro atoms. The van der Waals surface area contributed by atoms with Crippen molar-refractivity contribution in [3.05, 3.63) is 112 Å². The Kier molecular flexibility index (Phi) is 8.62. The third-order valence-electron chi connectivity index (χ3n) is 10.0. The van der Waals surface area contributed by atoms with E-state index in [2.05, 4.69) is 64.5 Å². The maximum absolute atomic E-state index is 12.9. The largest absolute Gasteiger partial charge is 0.462 e. The Bertz CT molecular complexity index is 2800. The topological polar surface area (TPSA) is 154 Å². The number of hydrogen-bond donors (Lipinski definition) is 2. The van der Waals surface area contributed by atoms with Crippen molar-refractivity contribution in [2.45, 2.75) is 38.5 Å². The third kappa shape index (κ3) is 6.09. The van der Waals surface area contributed by atoms with Crippen LogP contribution in [0.4, 0.5) is 0 Å². The Morgan fingerprint density at radius 2 is 1.81 bits per heavy atom. The molecule has 1 atom stereocenters. The van der Waals surface area contributed by atoms with Crippen LogP contribution >= 0.6 is 0 Å². The molecule has 7 aromatic rings. The van der Waals surface area contributed by atoms with E-state index in [-0.39, 0.29) is 48.0 Å². The lowest BCUT2D eigenvalue weighted by atomic mass is 9.90. The summed E-state index contributed by atoms with van der Waals surface area (Å²) in [6, 6.07) is 17.6. The number of piperidine rings is 1. The van der Waals surface area contributed by atoms with Crippen molar-refractivity contribution in [2.75, 3.05) is 6.54 Å². The number of benzene rings is 2. The maximum atomic E-state index is 12.9. The normalized spacial score (nSPS) is 14.4. The number of amides is 3. The monoisotopic (exact) mass is 717 g/mol. The standard InChI is InChI=1S/C42H35N7O5/c1-23(2)30-15-26(17-36-39(30)49(4)42(53)48(36)3)28-9-5-7-24-16-35(46-20-32(24)28)25-10-12-34(45-19-25)41(52)43-14-6-8-27-18-31-33(22-54-37(31)21-44-27)29-11-13-38(50)47-40(29)51/h5,7,9-10,12,15-23,29H,11,13-14H2,1-4H3,(H,43,52)(H,47,50,51). The smallest absolute Gasteiger partial charge is 0.328 e. The number of aromatic nitrogens is 5. The van der Waals surface area contributed by atoms with Gasteiger partial charge in [-0.1, -0.05) is 38.0 Å². The van der Waals surface area contributed by atoms with Crippen LogP contribution in [0.5, 0.6) is 0 Å². The fourth-order valence-corrected chi connectivity index (χ4v) is 7.17. The van der Waals surface area contributed by atoms with E-state index in [0.29, 0.717) is 28.6 Å². The van der Waals surface area contributed by atoms with Gasteiger partial charge >= 0.3 is 5.69 Å². The van der Waals surface area contributed by atoms with Gasteiger partial charge in [0.25, 0.3) is 5.91 Å². The summed E-state index contributed by atoms with van der Waals surface area (Å²) in [7, 11) is 3.62. The number of aryl methyl sites for hydroxylation is 2. The summed E-state index contributed by atoms with van der Waals surface area (Å²) >= 11 is 0. The molecule has 5 aromatic heterocycles. The van der Waals surface area contributed by atoms with E-state index in [1.807, 2.05) is 37.5 Å². The average molecular weight is 718 g/mol. The summed E-state index contributed by atoms with van der Waals surface area (Å²) in [6.07, 6.45) is 7.22. The average Bonchev–Trinajstić information content (AvgIpc) is 3.69. The van der Waals surface area contributed by atoms with Gasteiger partial charge in [-0.2, -0.15) is 0 Å². The van der Waals surface area contributed by atoms with Crippen molar-refractivity contribution >= 4 is 50.5 Å². The first-order valence-corrected chi connectivity index (χ1v) is 17.6. The molecule has 0 aliphatic carbocycles. The number of imide groups is 1. The molecular weight excluding hydrogens is 683 g/mol. The minimum atomic E-state index is -0.492. The second-order valence-corrected chi connectivity index (χ2v) is 13.8. The Hall–Kier alpha value is -6.87. The molecule has 12 nitrogen and oxygen atoms in total. The minimum Gasteiger partial charge on any atom is -0.462 e. The number of carbonyl (C=O) groups excluding carboxylic acids is 3. The van der Waals surface area contributed by atoms with Gasteiger partial charge in [-0.15, -0.1) is 0 Å². The summed E-state index contributed by atoms with van der Waals surface area (Å²) < 4.78 is 9.00. The maximum Gasteiger partial charge on any atom is 0.328 e. The number of pyridine rings is 3. The highest BCUT2D eigenvalue weighted by Gasteiger charge is 2.30. The summed E-state index contributed by atoms with van der Waals surface area (Å²) in [5, 5.41) is 7.83. The van der Waals surface area contributed by atoms with Gasteiger partial charge in [0.1, 0.15) is 11.4 Å². The first-order chi connectivity index (χ1) is 26.1. The van der Waals surface area contributed by atoms with E-state index in [4.69, 9.17) is 9.40 Å². The molecule has 12 heteroatoms. The van der Waals surface area contributed by atoms with Gasteiger partial charge < -0.3 is 9.73 Å². The predicted molar refractivity (Wildman–Crippen MR) is 205 cm³/mol. The molecular formula is C42H35N7O5. The van der Waals surface area contributed by atoms with E-state index >= 15 is 0 Å². The Morgan fingerprint density at radius 3 is 2.59 bits per heavy atom. The molecule has 0 saturated carbocycles. The number of nitrogens with zero attached hydrogens (tertiary/aromatic N) is 5. The van der Waals surface area contributed by atoms with Gasteiger partial charge in [0.15, 0.2) is 5.58 Å². The Balaban J connectivity index is 0.968. The molecule has 268 valence electrons. The van der Waals surface area contributed by atoms with Crippen LogP contribution in [-0.2, 0) is 23.7 Å². The van der Waals surface area contributed by atoms with E-state index in [9.17, 15) is 19.2 Å². The van der Waals surface area contributed by atoms with Gasteiger partial charge in [0, 0.05) is 54.8 Å². The van der Waals surface area contributed by atoms with Crippen LogP contribution in [-0.4, -0.2) is 48.4 Å². The molecule has 54 heavy (non-hydrogen) atoms. The van der Waals surface area contributed by atoms with Crippen molar-refractivity contribution < 1.29 is 18.8 Å². The number of imidazole rings is 1. The highest BCUT2D eigenvalue weighted by Crippen LogP contribution is 2.36. The van der Waals surface area contributed by atoms with Crippen LogP contribution in [0.15, 0.2) is 88.7 Å². The zero-order valence-corrected chi connectivity index (χ0v) is 30.1. The van der Waals surface area contributed by atoms with Crippen molar-refractivity contribution in [1.29, 1.82) is 0 Å². The van der Waals surface area contributed by atoms with Gasteiger partial charge in [0.2, 0.25) is 11.8 Å². The summed E-state index contributed by atoms with van der Waals surface area (Å²) in [5.74, 6) is 4.58. The van der Waals surface area contributed by atoms with Crippen molar-refractivity contribution in [3.63, 3.8) is 0 Å². The zero-order chi connectivity index (χ0) is 37.7. The lowest BCUT2D eigenvalue weighted by molar-refractivity contribution is -0.134. The van der Waals surface area contributed by atoms with E-state index in [0.717, 1.165) is 49.8 Å². The molecule has 8 rings (SSSR count). The number of nitrogens with one attached hydrogen (secondary N) is 2. The fraction of sp³-hybridized carbons (Fsp3) is 0.214. The van der Waals surface area contributed by atoms with Gasteiger partial charge in [-0.3, -0.25) is 38.8 Å². The second kappa shape index (κ2) is 13.6. The van der Waals surface area contributed by atoms with Crippen LogP contribution in [0, 0.1) is 11.8 Å². The summed E-state index contributed by atoms with van der Waals surface area (Å²) in [6.45, 7) is 4.33. The molecule has 1 saturated heterocycles. The minimum absolute atomic E-state index is 0.0546. The molecule has 3 amide bonds. The fourth-order valence-electron chi connectivity index (χ4n) is 7.17. The highest BCUT2D eigenvalue weighted by atomic mass is 16.3. The van der Waals surface area contributed by atoms with E-state index < -0.39 is 5.92 Å². The quantitative estimate of drug-likeness (QED) is 0.164. The third-order valence-corrected chi connectivity index (χ3v) is 10.0. The molecule has 2 aromatic carbocycles. The van der Waals surface area contributed by atoms with Crippen molar-refractivity contribution in [1.82, 2.24) is 34.7 Å². The van der Waals surface area contributed by atoms with Gasteiger partial charge in [0.05, 0.1) is 41.6 Å². The molecule has 1 fully saturated rings. The lowest BCUT2D eigenvalue weighted by Gasteiger charge is -2.19. The SMILES string of the molecule is CC(C)c1cc(-c2cccc3cc(-c4ccc(C(=O)NCC#Cc5cc6c(C7CCC(=O)NC7=O)coc6cn5)nc4)ncc23)cc2c1n(C)c(=O)n2C. The Morgan fingerprint density at radius 1 is 0.963 bits per heavy atom. The first kappa shape index (κ1) is 34.2. The predicted octanol–water partition coefficient (Wildman–Crippen LogP) is 5.72. The number of fused-ring (bicyclic) bond motifs is 3. The molecule has 0 radical (unpaired) electrons. The molecule has 1 aliphatic rings. The number of furan rings is 1. The van der Waals surface area contributed by atoms with Crippen LogP contribution in [0.2, 0.25) is 0 Å². The van der Waals surface area contributed by atoms with Gasteiger partial charge in [-0.05, 0) is 76.7 Å². The van der Waals surface area contributed by atoms with Crippen LogP contribution < -0.4 is 16.3 Å². The lowest BCUT2D eigenvalue weighted by Crippen LogP contribution is -2.39. The molecule has 2 N–H and O–H groups in total. The molecule has 0 bridgehead atoms. The zero-order valence-electron chi connectivity index (χ0n) is 30.1. The van der Waals surface area contributed by atoms with Crippen molar-refractivity contribution in [2.24, 2.45) is 14.1 Å². The molecule has 1 aliphatic heterocycles. The van der Waals surface area contributed by atoms with Crippen LogP contribution in [0.3, 0.4) is 0 Å². The van der Waals surface area contributed by atoms with E-state index in [1.165, 1.54) is 6.26 Å². The second-order valence-electron chi connectivity index (χ2n) is 13.8. The number of hydrogen-bond acceptors (Lipinski definition) is 8. The van der Waals surface area contributed by atoms with Gasteiger partial charge in [-0.25, -0.2) is 9.78 Å². The first-order valence-electron chi connectivity index (χ1n) is 17.6.